The van der Waals surface area contributed by atoms with E-state index >= 15 is 0 Å². The second-order valence-corrected chi connectivity index (χ2v) is 4.72. The van der Waals surface area contributed by atoms with Crippen molar-refractivity contribution >= 4 is 17.1 Å². The summed E-state index contributed by atoms with van der Waals surface area (Å²) >= 11 is 0. The van der Waals surface area contributed by atoms with Gasteiger partial charge in [-0.1, -0.05) is 50.5 Å². The van der Waals surface area contributed by atoms with Crippen LogP contribution in [0.5, 0.6) is 0 Å². The lowest BCUT2D eigenvalue weighted by Crippen LogP contribution is -2.18. The van der Waals surface area contributed by atoms with Gasteiger partial charge in [0.25, 0.3) is 0 Å². The molecular weight excluding hydrogens is 224 g/mol. The Labute approximate surface area is 108 Å². The zero-order valence-corrected chi connectivity index (χ0v) is 10.7. The van der Waals surface area contributed by atoms with Gasteiger partial charge in [0.15, 0.2) is 0 Å². The third-order valence-corrected chi connectivity index (χ3v) is 3.35. The van der Waals surface area contributed by atoms with Crippen LogP contribution >= 0.6 is 0 Å². The Morgan fingerprint density at radius 2 is 1.67 bits per heavy atom. The van der Waals surface area contributed by atoms with Gasteiger partial charge < -0.3 is 0 Å². The Hall–Kier alpha value is -1.70. The van der Waals surface area contributed by atoms with Gasteiger partial charge in [-0.05, 0) is 30.1 Å². The highest BCUT2D eigenvalue weighted by Gasteiger charge is 2.24. The molecule has 1 aliphatic carbocycles. The largest absolute Gasteiger partial charge is 0.286 e. The van der Waals surface area contributed by atoms with E-state index in [4.69, 9.17) is 0 Å². The van der Waals surface area contributed by atoms with Crippen molar-refractivity contribution in [1.82, 2.24) is 0 Å². The standard InChI is InChI=1S/C16H18O2/c1-2-3-4-5-8-12-11-15(17)16(18)14-10-7-6-9-13(12)14/h6-7,9-11H,2-5,8H2,1H3. The molecule has 18 heavy (non-hydrogen) atoms. The summed E-state index contributed by atoms with van der Waals surface area (Å²) in [5.41, 5.74) is 2.53. The SMILES string of the molecule is CCCCCCC1=CC(=O)C(=O)c2ccccc21. The molecule has 0 saturated carbocycles. The van der Waals surface area contributed by atoms with Crippen LogP contribution in [0.3, 0.4) is 0 Å². The molecule has 2 nitrogen and oxygen atoms in total. The van der Waals surface area contributed by atoms with Crippen LogP contribution in [0.4, 0.5) is 0 Å². The lowest BCUT2D eigenvalue weighted by atomic mass is 9.87. The van der Waals surface area contributed by atoms with E-state index < -0.39 is 0 Å². The molecule has 1 aromatic rings. The molecule has 2 rings (SSSR count). The summed E-state index contributed by atoms with van der Waals surface area (Å²) in [6, 6.07) is 7.41. The Bertz CT molecular complexity index is 498. The number of hydrogen-bond acceptors (Lipinski definition) is 2. The molecular formula is C16H18O2. The fraction of sp³-hybridized carbons (Fsp3) is 0.375. The number of carbonyl (C=O) groups excluding carboxylic acids is 2. The van der Waals surface area contributed by atoms with Crippen LogP contribution < -0.4 is 0 Å². The first-order valence-corrected chi connectivity index (χ1v) is 6.62. The van der Waals surface area contributed by atoms with Crippen molar-refractivity contribution in [3.63, 3.8) is 0 Å². The molecule has 0 aromatic heterocycles. The second kappa shape index (κ2) is 5.76. The third-order valence-electron chi connectivity index (χ3n) is 3.35. The number of unbranched alkanes of at least 4 members (excludes halogenated alkanes) is 3. The van der Waals surface area contributed by atoms with E-state index in [1.54, 1.807) is 6.07 Å². The van der Waals surface area contributed by atoms with Gasteiger partial charge in [-0.15, -0.1) is 0 Å². The monoisotopic (exact) mass is 242 g/mol. The zero-order valence-electron chi connectivity index (χ0n) is 10.7. The van der Waals surface area contributed by atoms with Crippen molar-refractivity contribution < 1.29 is 9.59 Å². The van der Waals surface area contributed by atoms with Gasteiger partial charge in [-0.25, -0.2) is 0 Å². The van der Waals surface area contributed by atoms with Gasteiger partial charge in [-0.3, -0.25) is 9.59 Å². The Kier molecular flexibility index (Phi) is 4.08. The van der Waals surface area contributed by atoms with Crippen molar-refractivity contribution in [2.24, 2.45) is 0 Å². The van der Waals surface area contributed by atoms with Crippen LogP contribution in [0.2, 0.25) is 0 Å². The van der Waals surface area contributed by atoms with E-state index in [2.05, 4.69) is 6.92 Å². The number of benzene rings is 1. The summed E-state index contributed by atoms with van der Waals surface area (Å²) in [4.78, 5) is 23.4. The Balaban J connectivity index is 2.17. The summed E-state index contributed by atoms with van der Waals surface area (Å²) < 4.78 is 0. The molecule has 2 heteroatoms. The van der Waals surface area contributed by atoms with Crippen LogP contribution in [0.1, 0.15) is 54.9 Å². The number of carbonyl (C=O) groups is 2. The fourth-order valence-corrected chi connectivity index (χ4v) is 2.34. The fourth-order valence-electron chi connectivity index (χ4n) is 2.34. The maximum Gasteiger partial charge on any atom is 0.233 e. The number of Topliss-reactive ketones (excluding diaryl/α,β-unsaturated/α-hetero) is 1. The van der Waals surface area contributed by atoms with Gasteiger partial charge in [-0.2, -0.15) is 0 Å². The molecule has 0 spiro atoms. The van der Waals surface area contributed by atoms with Crippen LogP contribution in [0.25, 0.3) is 5.57 Å². The van der Waals surface area contributed by atoms with E-state index in [1.165, 1.54) is 25.3 Å². The van der Waals surface area contributed by atoms with Crippen molar-refractivity contribution in [3.8, 4) is 0 Å². The van der Waals surface area contributed by atoms with Crippen LogP contribution in [0, 0.1) is 0 Å². The van der Waals surface area contributed by atoms with Gasteiger partial charge in [0, 0.05) is 5.56 Å². The number of fused-ring (bicyclic) bond motifs is 1. The average Bonchev–Trinajstić information content (AvgIpc) is 2.40. The van der Waals surface area contributed by atoms with Crippen molar-refractivity contribution in [1.29, 1.82) is 0 Å². The zero-order chi connectivity index (χ0) is 13.0. The summed E-state index contributed by atoms with van der Waals surface area (Å²) in [7, 11) is 0. The van der Waals surface area contributed by atoms with Crippen LogP contribution in [0.15, 0.2) is 30.3 Å². The minimum absolute atomic E-state index is 0.372. The van der Waals surface area contributed by atoms with Gasteiger partial charge in [0.1, 0.15) is 0 Å². The topological polar surface area (TPSA) is 34.1 Å². The normalized spacial score (nSPS) is 14.4. The maximum atomic E-state index is 11.7. The van der Waals surface area contributed by atoms with Crippen molar-refractivity contribution in [3.05, 3.63) is 41.5 Å². The first kappa shape index (κ1) is 12.7. The van der Waals surface area contributed by atoms with Gasteiger partial charge >= 0.3 is 0 Å². The molecule has 1 aliphatic rings. The molecule has 0 N–H and O–H groups in total. The molecule has 0 atom stereocenters. The highest BCUT2D eigenvalue weighted by molar-refractivity contribution is 6.50. The first-order valence-electron chi connectivity index (χ1n) is 6.62. The van der Waals surface area contributed by atoms with E-state index in [9.17, 15) is 9.59 Å². The number of ketones is 2. The molecule has 0 aliphatic heterocycles. The van der Waals surface area contributed by atoms with E-state index in [0.29, 0.717) is 5.56 Å². The summed E-state index contributed by atoms with van der Waals surface area (Å²) in [5.74, 6) is -0.748. The molecule has 0 unspecified atom stereocenters. The molecule has 0 fully saturated rings. The van der Waals surface area contributed by atoms with Crippen LogP contribution in [-0.4, -0.2) is 11.6 Å². The van der Waals surface area contributed by atoms with E-state index in [0.717, 1.165) is 24.0 Å². The summed E-state index contributed by atoms with van der Waals surface area (Å²) in [6.07, 6.45) is 7.09. The quantitative estimate of drug-likeness (QED) is 0.581. The first-order chi connectivity index (χ1) is 8.74. The molecule has 0 radical (unpaired) electrons. The second-order valence-electron chi connectivity index (χ2n) is 4.72. The highest BCUT2D eigenvalue weighted by Crippen LogP contribution is 2.28. The van der Waals surface area contributed by atoms with Crippen LogP contribution in [-0.2, 0) is 4.79 Å². The Morgan fingerprint density at radius 1 is 0.944 bits per heavy atom. The molecule has 0 bridgehead atoms. The van der Waals surface area contributed by atoms with E-state index in [1.807, 2.05) is 18.2 Å². The number of rotatable bonds is 5. The third kappa shape index (κ3) is 2.58. The highest BCUT2D eigenvalue weighted by atomic mass is 16.2. The van der Waals surface area contributed by atoms with Gasteiger partial charge in [0.2, 0.25) is 11.6 Å². The lowest BCUT2D eigenvalue weighted by Gasteiger charge is -2.15. The molecule has 94 valence electrons. The minimum Gasteiger partial charge on any atom is -0.286 e. The maximum absolute atomic E-state index is 11.7. The van der Waals surface area contributed by atoms with Crippen molar-refractivity contribution in [2.45, 2.75) is 39.0 Å². The van der Waals surface area contributed by atoms with Crippen molar-refractivity contribution in [2.75, 3.05) is 0 Å². The molecule has 0 saturated heterocycles. The average molecular weight is 242 g/mol. The van der Waals surface area contributed by atoms with Gasteiger partial charge in [0.05, 0.1) is 0 Å². The molecule has 0 heterocycles. The van der Waals surface area contributed by atoms with E-state index in [-0.39, 0.29) is 11.6 Å². The summed E-state index contributed by atoms with van der Waals surface area (Å²) in [6.45, 7) is 2.18. The smallest absolute Gasteiger partial charge is 0.233 e. The number of hydrogen-bond donors (Lipinski definition) is 0. The summed E-state index contributed by atoms with van der Waals surface area (Å²) in [5, 5.41) is 0. The number of allylic oxidation sites excluding steroid dienone is 2. The molecule has 0 amide bonds. The minimum atomic E-state index is -0.376. The molecule has 1 aromatic carbocycles. The predicted octanol–water partition coefficient (Wildman–Crippen LogP) is 3.81. The Morgan fingerprint density at radius 3 is 2.39 bits per heavy atom. The lowest BCUT2D eigenvalue weighted by molar-refractivity contribution is -0.111. The predicted molar refractivity (Wildman–Crippen MR) is 72.5 cm³/mol.